The topological polar surface area (TPSA) is 72.8 Å². The summed E-state index contributed by atoms with van der Waals surface area (Å²) in [7, 11) is 0. The minimum atomic E-state index is -0.811. The van der Waals surface area contributed by atoms with Crippen molar-refractivity contribution in [1.82, 2.24) is 0 Å². The van der Waals surface area contributed by atoms with Gasteiger partial charge in [0.15, 0.2) is 6.10 Å². The van der Waals surface area contributed by atoms with Crippen LogP contribution in [0.4, 0.5) is 0 Å². The summed E-state index contributed by atoms with van der Waals surface area (Å²) in [6.45, 7) is 3.91. The zero-order chi connectivity index (χ0) is 33.6. The van der Waals surface area contributed by atoms with Crippen LogP contribution in [0, 0.1) is 0 Å². The summed E-state index contributed by atoms with van der Waals surface area (Å²) in [5, 5.41) is 9.52. The van der Waals surface area contributed by atoms with Gasteiger partial charge in [-0.15, -0.1) is 0 Å². The van der Waals surface area contributed by atoms with Crippen molar-refractivity contribution in [2.45, 2.75) is 148 Å². The molecule has 0 fully saturated rings. The standard InChI is InChI=1S/C41H66O5/c1-3-5-7-9-11-13-15-17-19-20-22-24-26-28-30-32-34-36-41(44)46-39(37-42)38-45-40(43)35-33-31-29-27-25-23-21-18-16-14-12-10-8-6-4-2/h6,8,11-14,17-19,21-22,24,28,30,39,42H,3-5,7,9-10,15-16,20,23,25-27,29,31-38H2,1-2H3/b8-6-,13-11-,14-12-,19-17-,21-18-,24-22-,30-28-/t39-/m0/s1. The van der Waals surface area contributed by atoms with Gasteiger partial charge in [-0.1, -0.05) is 131 Å². The fourth-order valence-corrected chi connectivity index (χ4v) is 4.44. The first-order valence-corrected chi connectivity index (χ1v) is 18.1. The Morgan fingerprint density at radius 2 is 0.957 bits per heavy atom. The van der Waals surface area contributed by atoms with Crippen LogP contribution in [0.3, 0.4) is 0 Å². The number of carbonyl (C=O) groups excluding carboxylic acids is 2. The Hall–Kier alpha value is -2.92. The van der Waals surface area contributed by atoms with Crippen molar-refractivity contribution < 1.29 is 24.2 Å². The number of unbranched alkanes of at least 4 members (excludes halogenated alkanes) is 9. The van der Waals surface area contributed by atoms with Gasteiger partial charge in [-0.05, 0) is 83.5 Å². The Bertz CT molecular complexity index is 906. The normalized spacial score (nSPS) is 13.2. The summed E-state index contributed by atoms with van der Waals surface area (Å²) < 4.78 is 10.5. The van der Waals surface area contributed by atoms with Gasteiger partial charge >= 0.3 is 11.9 Å². The number of aliphatic hydroxyl groups is 1. The number of hydrogen-bond acceptors (Lipinski definition) is 5. The van der Waals surface area contributed by atoms with E-state index in [9.17, 15) is 14.7 Å². The largest absolute Gasteiger partial charge is 0.462 e. The monoisotopic (exact) mass is 638 g/mol. The highest BCUT2D eigenvalue weighted by molar-refractivity contribution is 5.70. The number of aliphatic hydroxyl groups excluding tert-OH is 1. The van der Waals surface area contributed by atoms with Crippen LogP contribution in [-0.4, -0.2) is 36.4 Å². The summed E-state index contributed by atoms with van der Waals surface area (Å²) >= 11 is 0. The molecular formula is C41H66O5. The van der Waals surface area contributed by atoms with Crippen molar-refractivity contribution in [2.75, 3.05) is 13.2 Å². The Labute approximate surface area is 282 Å². The number of esters is 2. The van der Waals surface area contributed by atoms with Gasteiger partial charge in [-0.3, -0.25) is 9.59 Å². The minimum Gasteiger partial charge on any atom is -0.462 e. The van der Waals surface area contributed by atoms with E-state index in [0.29, 0.717) is 12.8 Å². The smallest absolute Gasteiger partial charge is 0.306 e. The van der Waals surface area contributed by atoms with Gasteiger partial charge in [0.2, 0.25) is 0 Å². The minimum absolute atomic E-state index is 0.102. The van der Waals surface area contributed by atoms with E-state index in [0.717, 1.165) is 83.5 Å². The average molecular weight is 639 g/mol. The van der Waals surface area contributed by atoms with E-state index < -0.39 is 6.10 Å². The zero-order valence-electron chi connectivity index (χ0n) is 29.3. The lowest BCUT2D eigenvalue weighted by Crippen LogP contribution is -2.28. The summed E-state index contributed by atoms with van der Waals surface area (Å²) in [6.07, 6.45) is 49.2. The number of hydrogen-bond donors (Lipinski definition) is 1. The van der Waals surface area contributed by atoms with Gasteiger partial charge in [0.1, 0.15) is 6.61 Å². The van der Waals surface area contributed by atoms with Crippen molar-refractivity contribution in [3.05, 3.63) is 85.1 Å². The quantitative estimate of drug-likeness (QED) is 0.0465. The molecule has 5 nitrogen and oxygen atoms in total. The van der Waals surface area contributed by atoms with E-state index in [-0.39, 0.29) is 31.6 Å². The first-order chi connectivity index (χ1) is 22.6. The summed E-state index contributed by atoms with van der Waals surface area (Å²) in [4.78, 5) is 24.2. The molecule has 0 aromatic heterocycles. The van der Waals surface area contributed by atoms with Crippen LogP contribution in [-0.2, 0) is 19.1 Å². The highest BCUT2D eigenvalue weighted by atomic mass is 16.6. The van der Waals surface area contributed by atoms with E-state index in [4.69, 9.17) is 9.47 Å². The van der Waals surface area contributed by atoms with Crippen LogP contribution in [0.2, 0.25) is 0 Å². The maximum atomic E-state index is 12.1. The number of carbonyl (C=O) groups is 2. The van der Waals surface area contributed by atoms with Crippen LogP contribution >= 0.6 is 0 Å². The molecule has 1 N–H and O–H groups in total. The third-order valence-electron chi connectivity index (χ3n) is 7.17. The maximum absolute atomic E-state index is 12.1. The summed E-state index contributed by atoms with van der Waals surface area (Å²) in [5.74, 6) is -0.687. The molecule has 46 heavy (non-hydrogen) atoms. The highest BCUT2D eigenvalue weighted by Gasteiger charge is 2.15. The molecule has 0 aliphatic heterocycles. The SMILES string of the molecule is CC/C=C\C/C=C\C/C=C\CCCCCCCC(=O)OC[C@H](CO)OC(=O)CCC/C=C\C/C=C\C/C=C\C/C=C\CCCCC. The second kappa shape index (κ2) is 36.5. The van der Waals surface area contributed by atoms with E-state index in [2.05, 4.69) is 98.9 Å². The van der Waals surface area contributed by atoms with Gasteiger partial charge in [0.05, 0.1) is 6.61 Å². The third-order valence-corrected chi connectivity index (χ3v) is 7.17. The zero-order valence-corrected chi connectivity index (χ0v) is 29.3. The molecule has 0 amide bonds. The third kappa shape index (κ3) is 34.0. The first kappa shape index (κ1) is 43.1. The van der Waals surface area contributed by atoms with Crippen LogP contribution in [0.1, 0.15) is 142 Å². The molecule has 0 unspecified atom stereocenters. The van der Waals surface area contributed by atoms with Gasteiger partial charge in [-0.2, -0.15) is 0 Å². The average Bonchev–Trinajstić information content (AvgIpc) is 3.06. The van der Waals surface area contributed by atoms with Crippen LogP contribution in [0.15, 0.2) is 85.1 Å². The fourth-order valence-electron chi connectivity index (χ4n) is 4.44. The number of rotatable bonds is 31. The number of allylic oxidation sites excluding steroid dienone is 14. The predicted molar refractivity (Wildman–Crippen MR) is 196 cm³/mol. The molecule has 0 aromatic carbocycles. The second-order valence-electron chi connectivity index (χ2n) is 11.6. The molecule has 0 heterocycles. The molecule has 260 valence electrons. The second-order valence-corrected chi connectivity index (χ2v) is 11.6. The molecule has 0 aromatic rings. The lowest BCUT2D eigenvalue weighted by molar-refractivity contribution is -0.161. The van der Waals surface area contributed by atoms with Gasteiger partial charge in [-0.25, -0.2) is 0 Å². The molecule has 5 heteroatoms. The van der Waals surface area contributed by atoms with Crippen LogP contribution < -0.4 is 0 Å². The van der Waals surface area contributed by atoms with Crippen molar-refractivity contribution in [3.63, 3.8) is 0 Å². The molecule has 0 aliphatic rings. The Kier molecular flexibility index (Phi) is 34.2. The molecule has 0 spiro atoms. The molecular weight excluding hydrogens is 572 g/mol. The highest BCUT2D eigenvalue weighted by Crippen LogP contribution is 2.09. The lowest BCUT2D eigenvalue weighted by atomic mass is 10.1. The summed E-state index contributed by atoms with van der Waals surface area (Å²) in [5.41, 5.74) is 0. The molecule has 0 rings (SSSR count). The van der Waals surface area contributed by atoms with E-state index >= 15 is 0 Å². The first-order valence-electron chi connectivity index (χ1n) is 18.1. The van der Waals surface area contributed by atoms with Gasteiger partial charge < -0.3 is 14.6 Å². The predicted octanol–water partition coefficient (Wildman–Crippen LogP) is 11.2. The van der Waals surface area contributed by atoms with Crippen molar-refractivity contribution in [2.24, 2.45) is 0 Å². The summed E-state index contributed by atoms with van der Waals surface area (Å²) in [6, 6.07) is 0. The Balaban J connectivity index is 3.74. The molecule has 0 radical (unpaired) electrons. The maximum Gasteiger partial charge on any atom is 0.306 e. The van der Waals surface area contributed by atoms with Gasteiger partial charge in [0, 0.05) is 12.8 Å². The molecule has 0 saturated carbocycles. The van der Waals surface area contributed by atoms with E-state index in [1.807, 2.05) is 0 Å². The van der Waals surface area contributed by atoms with Crippen molar-refractivity contribution >= 4 is 11.9 Å². The van der Waals surface area contributed by atoms with Crippen molar-refractivity contribution in [1.29, 1.82) is 0 Å². The molecule has 1 atom stereocenters. The van der Waals surface area contributed by atoms with E-state index in [1.165, 1.54) is 25.7 Å². The fraction of sp³-hybridized carbons (Fsp3) is 0.610. The Morgan fingerprint density at radius 3 is 1.48 bits per heavy atom. The van der Waals surface area contributed by atoms with Crippen molar-refractivity contribution in [3.8, 4) is 0 Å². The van der Waals surface area contributed by atoms with Crippen LogP contribution in [0.5, 0.6) is 0 Å². The number of ether oxygens (including phenoxy) is 2. The Morgan fingerprint density at radius 1 is 0.522 bits per heavy atom. The molecule has 0 bridgehead atoms. The molecule has 0 saturated heterocycles. The molecule has 0 aliphatic carbocycles. The lowest BCUT2D eigenvalue weighted by Gasteiger charge is -2.15. The van der Waals surface area contributed by atoms with Gasteiger partial charge in [0.25, 0.3) is 0 Å². The van der Waals surface area contributed by atoms with E-state index in [1.54, 1.807) is 0 Å². The van der Waals surface area contributed by atoms with Crippen LogP contribution in [0.25, 0.3) is 0 Å².